The third-order valence-corrected chi connectivity index (χ3v) is 5.34. The van der Waals surface area contributed by atoms with Crippen LogP contribution in [0, 0.1) is 0 Å². The van der Waals surface area contributed by atoms with Gasteiger partial charge in [-0.25, -0.2) is 0 Å². The lowest BCUT2D eigenvalue weighted by Crippen LogP contribution is -2.34. The molecule has 2 rings (SSSR count). The number of hydrogen-bond acceptors (Lipinski definition) is 2. The summed E-state index contributed by atoms with van der Waals surface area (Å²) in [4.78, 5) is 11.1. The van der Waals surface area contributed by atoms with Crippen LogP contribution in [0.3, 0.4) is 0 Å². The molecular weight excluding hydrogens is 284 g/mol. The molecule has 0 bridgehead atoms. The van der Waals surface area contributed by atoms with E-state index in [-0.39, 0.29) is 10.8 Å². The molecular formula is C21H32O2. The van der Waals surface area contributed by atoms with Crippen molar-refractivity contribution in [3.05, 3.63) is 28.8 Å². The normalized spacial score (nSPS) is 18.3. The first-order chi connectivity index (χ1) is 10.8. The summed E-state index contributed by atoms with van der Waals surface area (Å²) in [5.41, 5.74) is 4.18. The Kier molecular flexibility index (Phi) is 5.54. The van der Waals surface area contributed by atoms with Crippen LogP contribution >= 0.6 is 0 Å². The third-order valence-electron chi connectivity index (χ3n) is 5.34. The summed E-state index contributed by atoms with van der Waals surface area (Å²) in [5.74, 6) is 0.915. The van der Waals surface area contributed by atoms with Crippen molar-refractivity contribution in [2.24, 2.45) is 0 Å². The molecule has 2 heteroatoms. The fraction of sp³-hybridized carbons (Fsp3) is 0.667. The van der Waals surface area contributed by atoms with Crippen LogP contribution in [0.4, 0.5) is 0 Å². The number of rotatable bonds is 7. The highest BCUT2D eigenvalue weighted by atomic mass is 16.5. The summed E-state index contributed by atoms with van der Waals surface area (Å²) in [6, 6.07) is 4.46. The van der Waals surface area contributed by atoms with Gasteiger partial charge in [0.15, 0.2) is 0 Å². The molecule has 0 radical (unpaired) electrons. The van der Waals surface area contributed by atoms with Gasteiger partial charge in [0.1, 0.15) is 12.0 Å². The molecule has 0 spiro atoms. The maximum absolute atomic E-state index is 11.1. The second-order valence-corrected chi connectivity index (χ2v) is 8.20. The average Bonchev–Trinajstić information content (AvgIpc) is 2.49. The van der Waals surface area contributed by atoms with Crippen LogP contribution in [-0.4, -0.2) is 12.9 Å². The van der Waals surface area contributed by atoms with E-state index in [0.29, 0.717) is 6.42 Å². The lowest BCUT2D eigenvalue weighted by Gasteiger charge is -2.42. The van der Waals surface area contributed by atoms with E-state index in [1.54, 1.807) is 0 Å². The summed E-state index contributed by atoms with van der Waals surface area (Å²) in [6.45, 7) is 12.2. The second kappa shape index (κ2) is 7.07. The van der Waals surface area contributed by atoms with Gasteiger partial charge in [0, 0.05) is 12.0 Å². The van der Waals surface area contributed by atoms with Crippen LogP contribution in [0.1, 0.15) is 83.4 Å². The highest BCUT2D eigenvalue weighted by Gasteiger charge is 2.37. The summed E-state index contributed by atoms with van der Waals surface area (Å²) in [6.07, 6.45) is 7.25. The highest BCUT2D eigenvalue weighted by molar-refractivity contribution is 5.60. The summed E-state index contributed by atoms with van der Waals surface area (Å²) >= 11 is 0. The van der Waals surface area contributed by atoms with Gasteiger partial charge in [0.2, 0.25) is 0 Å². The second-order valence-electron chi connectivity index (χ2n) is 8.20. The van der Waals surface area contributed by atoms with Gasteiger partial charge < -0.3 is 9.53 Å². The molecule has 0 saturated heterocycles. The lowest BCUT2D eigenvalue weighted by molar-refractivity contribution is -0.107. The summed E-state index contributed by atoms with van der Waals surface area (Å²) in [7, 11) is 0. The van der Waals surface area contributed by atoms with E-state index >= 15 is 0 Å². The fourth-order valence-electron chi connectivity index (χ4n) is 3.56. The van der Waals surface area contributed by atoms with E-state index in [1.807, 2.05) is 0 Å². The summed E-state index contributed by atoms with van der Waals surface area (Å²) < 4.78 is 6.06. The molecule has 1 aromatic carbocycles. The Labute approximate surface area is 141 Å². The van der Waals surface area contributed by atoms with Crippen LogP contribution in [0.15, 0.2) is 12.1 Å². The standard InChI is InChI=1S/C21H32O2/c1-6-7-8-13-23-19-15-18-17(14-16(19)9-12-22)20(2,3)10-11-21(18,4)5/h12,14-15H,6-11,13H2,1-5H3. The van der Waals surface area contributed by atoms with E-state index < -0.39 is 0 Å². The van der Waals surface area contributed by atoms with Crippen molar-refractivity contribution in [3.8, 4) is 5.75 Å². The zero-order valence-electron chi connectivity index (χ0n) is 15.5. The zero-order valence-corrected chi connectivity index (χ0v) is 15.5. The Morgan fingerprint density at radius 3 is 2.22 bits per heavy atom. The molecule has 1 aromatic rings. The molecule has 0 aliphatic heterocycles. The Morgan fingerprint density at radius 1 is 1.04 bits per heavy atom. The molecule has 0 amide bonds. The minimum absolute atomic E-state index is 0.170. The van der Waals surface area contributed by atoms with Crippen LogP contribution in [0.25, 0.3) is 0 Å². The molecule has 23 heavy (non-hydrogen) atoms. The van der Waals surface area contributed by atoms with Gasteiger partial charge in [-0.2, -0.15) is 0 Å². The van der Waals surface area contributed by atoms with Crippen molar-refractivity contribution in [3.63, 3.8) is 0 Å². The van der Waals surface area contributed by atoms with Crippen molar-refractivity contribution < 1.29 is 9.53 Å². The SMILES string of the molecule is CCCCCOc1cc2c(cc1CC=O)C(C)(C)CCC2(C)C. The number of aldehydes is 1. The van der Waals surface area contributed by atoms with Gasteiger partial charge in [-0.05, 0) is 47.3 Å². The van der Waals surface area contributed by atoms with Gasteiger partial charge in [0.25, 0.3) is 0 Å². The first-order valence-corrected chi connectivity index (χ1v) is 9.06. The van der Waals surface area contributed by atoms with Crippen LogP contribution < -0.4 is 4.74 Å². The Balaban J connectivity index is 2.40. The quantitative estimate of drug-likeness (QED) is 0.501. The zero-order chi connectivity index (χ0) is 17.1. The molecule has 1 aliphatic rings. The van der Waals surface area contributed by atoms with E-state index in [2.05, 4.69) is 46.8 Å². The smallest absolute Gasteiger partial charge is 0.124 e. The van der Waals surface area contributed by atoms with Gasteiger partial charge in [-0.3, -0.25) is 0 Å². The Bertz CT molecular complexity index is 555. The monoisotopic (exact) mass is 316 g/mol. The van der Waals surface area contributed by atoms with Gasteiger partial charge in [0.05, 0.1) is 6.61 Å². The van der Waals surface area contributed by atoms with E-state index in [4.69, 9.17) is 4.74 Å². The number of ether oxygens (including phenoxy) is 1. The minimum atomic E-state index is 0.170. The third kappa shape index (κ3) is 3.97. The molecule has 0 atom stereocenters. The van der Waals surface area contributed by atoms with Crippen LogP contribution in [0.2, 0.25) is 0 Å². The Morgan fingerprint density at radius 2 is 1.65 bits per heavy atom. The van der Waals surface area contributed by atoms with Gasteiger partial charge >= 0.3 is 0 Å². The average molecular weight is 316 g/mol. The number of benzene rings is 1. The van der Waals surface area contributed by atoms with E-state index in [9.17, 15) is 4.79 Å². The fourth-order valence-corrected chi connectivity index (χ4v) is 3.56. The van der Waals surface area contributed by atoms with Gasteiger partial charge in [-0.1, -0.05) is 53.5 Å². The largest absolute Gasteiger partial charge is 0.493 e. The molecule has 0 fully saturated rings. The molecule has 2 nitrogen and oxygen atoms in total. The van der Waals surface area contributed by atoms with E-state index in [1.165, 1.54) is 36.8 Å². The predicted molar refractivity (Wildman–Crippen MR) is 96.5 cm³/mol. The maximum Gasteiger partial charge on any atom is 0.124 e. The number of carbonyl (C=O) groups excluding carboxylic acids is 1. The Hall–Kier alpha value is -1.31. The lowest BCUT2D eigenvalue weighted by atomic mass is 9.63. The summed E-state index contributed by atoms with van der Waals surface area (Å²) in [5, 5.41) is 0. The maximum atomic E-state index is 11.1. The van der Waals surface area contributed by atoms with Crippen molar-refractivity contribution in [2.75, 3.05) is 6.61 Å². The van der Waals surface area contributed by atoms with E-state index in [0.717, 1.165) is 30.6 Å². The molecule has 1 aliphatic carbocycles. The first-order valence-electron chi connectivity index (χ1n) is 9.06. The number of carbonyl (C=O) groups is 1. The number of fused-ring (bicyclic) bond motifs is 1. The van der Waals surface area contributed by atoms with Crippen molar-refractivity contribution >= 4 is 6.29 Å². The van der Waals surface area contributed by atoms with Crippen molar-refractivity contribution in [1.29, 1.82) is 0 Å². The molecule has 0 N–H and O–H groups in total. The molecule has 128 valence electrons. The minimum Gasteiger partial charge on any atom is -0.493 e. The number of hydrogen-bond donors (Lipinski definition) is 0. The first kappa shape index (κ1) is 18.0. The molecule has 0 saturated carbocycles. The van der Waals surface area contributed by atoms with Crippen LogP contribution in [-0.2, 0) is 22.0 Å². The highest BCUT2D eigenvalue weighted by Crippen LogP contribution is 2.47. The topological polar surface area (TPSA) is 26.3 Å². The molecule has 0 heterocycles. The number of unbranched alkanes of at least 4 members (excludes halogenated alkanes) is 2. The van der Waals surface area contributed by atoms with Crippen LogP contribution in [0.5, 0.6) is 5.75 Å². The molecule has 0 aromatic heterocycles. The van der Waals surface area contributed by atoms with Crippen molar-refractivity contribution in [1.82, 2.24) is 0 Å². The van der Waals surface area contributed by atoms with Crippen molar-refractivity contribution in [2.45, 2.75) is 84.0 Å². The predicted octanol–water partition coefficient (Wildman–Crippen LogP) is 5.35. The molecule has 0 unspecified atom stereocenters. The van der Waals surface area contributed by atoms with Gasteiger partial charge in [-0.15, -0.1) is 0 Å².